The molecule has 3 unspecified atom stereocenters. The average molecular weight is 275 g/mol. The van der Waals surface area contributed by atoms with Crippen LogP contribution in [0.5, 0.6) is 0 Å². The van der Waals surface area contributed by atoms with Gasteiger partial charge in [-0.3, -0.25) is 0 Å². The number of nitrogens with zero attached hydrogens (tertiary/aromatic N) is 2. The highest BCUT2D eigenvalue weighted by atomic mass is 16.4. The van der Waals surface area contributed by atoms with Crippen molar-refractivity contribution in [1.82, 2.24) is 4.98 Å². The van der Waals surface area contributed by atoms with Gasteiger partial charge in [0, 0.05) is 19.8 Å². The normalized spacial score (nSPS) is 27.8. The lowest BCUT2D eigenvalue weighted by Gasteiger charge is -2.28. The summed E-state index contributed by atoms with van der Waals surface area (Å²) in [4.78, 5) is 17.4. The smallest absolute Gasteiger partial charge is 0.337 e. The standard InChI is InChI=1S/C15H21N3O2/c1-18(8-11-7-9-2-3-10(11)6-9)14-13(16)12(15(19)20)4-5-17-14/h4-5,9-11H,2-3,6-8,16H2,1H3,(H,19,20). The monoisotopic (exact) mass is 275 g/mol. The minimum Gasteiger partial charge on any atom is -0.478 e. The fourth-order valence-corrected chi connectivity index (χ4v) is 3.99. The van der Waals surface area contributed by atoms with E-state index in [1.165, 1.54) is 37.9 Å². The van der Waals surface area contributed by atoms with Gasteiger partial charge >= 0.3 is 5.97 Å². The number of nitrogens with two attached hydrogens (primary N) is 1. The van der Waals surface area contributed by atoms with E-state index in [0.717, 1.165) is 18.4 Å². The van der Waals surface area contributed by atoms with Gasteiger partial charge in [-0.15, -0.1) is 0 Å². The third-order valence-corrected chi connectivity index (χ3v) is 4.95. The summed E-state index contributed by atoms with van der Waals surface area (Å²) < 4.78 is 0. The van der Waals surface area contributed by atoms with Crippen molar-refractivity contribution in [2.45, 2.75) is 25.7 Å². The molecule has 3 atom stereocenters. The highest BCUT2D eigenvalue weighted by molar-refractivity contribution is 5.96. The van der Waals surface area contributed by atoms with Crippen molar-refractivity contribution >= 4 is 17.5 Å². The maximum Gasteiger partial charge on any atom is 0.337 e. The predicted octanol–water partition coefficient (Wildman–Crippen LogP) is 2.23. The molecule has 5 heteroatoms. The first kappa shape index (κ1) is 13.2. The Hall–Kier alpha value is -1.78. The number of carboxylic acids is 1. The molecule has 2 aliphatic carbocycles. The molecule has 2 fully saturated rings. The molecule has 3 rings (SSSR count). The Morgan fingerprint density at radius 1 is 1.50 bits per heavy atom. The number of carboxylic acid groups (broad SMARTS) is 1. The number of rotatable bonds is 4. The van der Waals surface area contributed by atoms with Crippen molar-refractivity contribution in [1.29, 1.82) is 0 Å². The molecule has 1 heterocycles. The van der Waals surface area contributed by atoms with Gasteiger partial charge in [0.05, 0.1) is 11.3 Å². The molecule has 0 spiro atoms. The number of carbonyl (C=O) groups is 1. The van der Waals surface area contributed by atoms with Gasteiger partial charge in [0.1, 0.15) is 0 Å². The van der Waals surface area contributed by atoms with Crippen LogP contribution in [0.1, 0.15) is 36.0 Å². The van der Waals surface area contributed by atoms with Crippen molar-refractivity contribution in [2.24, 2.45) is 17.8 Å². The van der Waals surface area contributed by atoms with Crippen molar-refractivity contribution in [3.8, 4) is 0 Å². The number of hydrogen-bond acceptors (Lipinski definition) is 4. The van der Waals surface area contributed by atoms with Crippen LogP contribution < -0.4 is 10.6 Å². The summed E-state index contributed by atoms with van der Waals surface area (Å²) in [7, 11) is 1.95. The highest BCUT2D eigenvalue weighted by Crippen LogP contribution is 2.48. The number of aromatic nitrogens is 1. The van der Waals surface area contributed by atoms with Gasteiger partial charge in [0.15, 0.2) is 5.82 Å². The molecular weight excluding hydrogens is 254 g/mol. The number of pyridine rings is 1. The largest absolute Gasteiger partial charge is 0.478 e. The molecule has 0 aliphatic heterocycles. The first-order valence-corrected chi connectivity index (χ1v) is 7.25. The van der Waals surface area contributed by atoms with Crippen molar-refractivity contribution in [3.05, 3.63) is 17.8 Å². The topological polar surface area (TPSA) is 79.5 Å². The summed E-state index contributed by atoms with van der Waals surface area (Å²) >= 11 is 0. The van der Waals surface area contributed by atoms with E-state index in [-0.39, 0.29) is 11.3 Å². The zero-order valence-corrected chi connectivity index (χ0v) is 11.7. The average Bonchev–Trinajstić information content (AvgIpc) is 3.00. The Bertz CT molecular complexity index is 532. The molecule has 0 radical (unpaired) electrons. The molecule has 20 heavy (non-hydrogen) atoms. The van der Waals surface area contributed by atoms with Crippen LogP contribution in [0.3, 0.4) is 0 Å². The number of fused-ring (bicyclic) bond motifs is 2. The van der Waals surface area contributed by atoms with Crippen molar-refractivity contribution < 1.29 is 9.90 Å². The molecule has 0 saturated heterocycles. The Kier molecular flexibility index (Phi) is 3.28. The maximum atomic E-state index is 11.1. The van der Waals surface area contributed by atoms with Crippen LogP contribution in [0.25, 0.3) is 0 Å². The van der Waals surface area contributed by atoms with Crippen LogP contribution in [0, 0.1) is 17.8 Å². The number of hydrogen-bond donors (Lipinski definition) is 2. The Morgan fingerprint density at radius 3 is 2.90 bits per heavy atom. The zero-order chi connectivity index (χ0) is 14.3. The van der Waals surface area contributed by atoms with Crippen LogP contribution in [-0.4, -0.2) is 29.7 Å². The van der Waals surface area contributed by atoms with Gasteiger partial charge < -0.3 is 15.7 Å². The molecule has 5 nitrogen and oxygen atoms in total. The second kappa shape index (κ2) is 4.96. The zero-order valence-electron chi connectivity index (χ0n) is 11.7. The van der Waals surface area contributed by atoms with Gasteiger partial charge in [-0.1, -0.05) is 6.42 Å². The van der Waals surface area contributed by atoms with E-state index in [0.29, 0.717) is 11.7 Å². The molecule has 0 aromatic carbocycles. The second-order valence-electron chi connectivity index (χ2n) is 6.22. The van der Waals surface area contributed by atoms with Gasteiger partial charge in [-0.05, 0) is 43.1 Å². The number of anilines is 2. The van der Waals surface area contributed by atoms with Crippen LogP contribution in [-0.2, 0) is 0 Å². The first-order chi connectivity index (χ1) is 9.56. The Morgan fingerprint density at radius 2 is 2.30 bits per heavy atom. The summed E-state index contributed by atoms with van der Waals surface area (Å²) in [6.45, 7) is 0.918. The summed E-state index contributed by atoms with van der Waals surface area (Å²) in [6, 6.07) is 1.45. The van der Waals surface area contributed by atoms with Crippen LogP contribution in [0.2, 0.25) is 0 Å². The van der Waals surface area contributed by atoms with E-state index in [2.05, 4.69) is 4.98 Å². The van der Waals surface area contributed by atoms with E-state index in [4.69, 9.17) is 10.8 Å². The maximum absolute atomic E-state index is 11.1. The lowest BCUT2D eigenvalue weighted by molar-refractivity contribution is 0.0698. The minimum atomic E-state index is -1.00. The predicted molar refractivity (Wildman–Crippen MR) is 77.8 cm³/mol. The lowest BCUT2D eigenvalue weighted by atomic mass is 9.88. The summed E-state index contributed by atoms with van der Waals surface area (Å²) in [5, 5.41) is 9.12. The van der Waals surface area contributed by atoms with E-state index in [1.807, 2.05) is 11.9 Å². The van der Waals surface area contributed by atoms with Crippen LogP contribution in [0.4, 0.5) is 11.5 Å². The van der Waals surface area contributed by atoms with Gasteiger partial charge in [-0.25, -0.2) is 9.78 Å². The third-order valence-electron chi connectivity index (χ3n) is 4.95. The highest BCUT2D eigenvalue weighted by Gasteiger charge is 2.39. The van der Waals surface area contributed by atoms with E-state index in [1.54, 1.807) is 0 Å². The Labute approximate surface area is 118 Å². The molecule has 2 bridgehead atoms. The molecule has 3 N–H and O–H groups in total. The molecule has 1 aromatic heterocycles. The molecule has 2 aliphatic rings. The van der Waals surface area contributed by atoms with Crippen LogP contribution >= 0.6 is 0 Å². The van der Waals surface area contributed by atoms with E-state index >= 15 is 0 Å². The van der Waals surface area contributed by atoms with E-state index in [9.17, 15) is 4.79 Å². The molecule has 108 valence electrons. The number of aromatic carboxylic acids is 1. The minimum absolute atomic E-state index is 0.134. The Balaban J connectivity index is 1.75. The first-order valence-electron chi connectivity index (χ1n) is 7.25. The molecule has 1 aromatic rings. The number of nitrogen functional groups attached to an aromatic ring is 1. The molecular formula is C15H21N3O2. The van der Waals surface area contributed by atoms with Gasteiger partial charge in [-0.2, -0.15) is 0 Å². The summed E-state index contributed by atoms with van der Waals surface area (Å²) in [5.74, 6) is 2.04. The van der Waals surface area contributed by atoms with Crippen LogP contribution in [0.15, 0.2) is 12.3 Å². The molecule has 2 saturated carbocycles. The third kappa shape index (κ3) is 2.21. The van der Waals surface area contributed by atoms with Crippen molar-refractivity contribution in [2.75, 3.05) is 24.2 Å². The quantitative estimate of drug-likeness (QED) is 0.881. The summed E-state index contributed by atoms with van der Waals surface area (Å²) in [5.41, 5.74) is 6.35. The summed E-state index contributed by atoms with van der Waals surface area (Å²) in [6.07, 6.45) is 6.93. The van der Waals surface area contributed by atoms with E-state index < -0.39 is 5.97 Å². The SMILES string of the molecule is CN(CC1CC2CCC1C2)c1nccc(C(=O)O)c1N. The lowest BCUT2D eigenvalue weighted by Crippen LogP contribution is -2.30. The molecule has 0 amide bonds. The van der Waals surface area contributed by atoms with Crippen molar-refractivity contribution in [3.63, 3.8) is 0 Å². The fourth-order valence-electron chi connectivity index (χ4n) is 3.99. The second-order valence-corrected chi connectivity index (χ2v) is 6.22. The van der Waals surface area contributed by atoms with Gasteiger partial charge in [0.2, 0.25) is 0 Å². The van der Waals surface area contributed by atoms with Gasteiger partial charge in [0.25, 0.3) is 0 Å². The fraction of sp³-hybridized carbons (Fsp3) is 0.600.